The summed E-state index contributed by atoms with van der Waals surface area (Å²) < 4.78 is 0. The number of alkyl halides is 1. The second-order valence-corrected chi connectivity index (χ2v) is 22.0. The van der Waals surface area contributed by atoms with Gasteiger partial charge in [-0.05, 0) is 96.1 Å². The summed E-state index contributed by atoms with van der Waals surface area (Å²) in [5.41, 5.74) is 12.2. The molecule has 0 radical (unpaired) electrons. The van der Waals surface area contributed by atoms with E-state index >= 15 is 0 Å². The number of halogens is 1. The van der Waals surface area contributed by atoms with Crippen molar-refractivity contribution in [3.63, 3.8) is 0 Å². The molecule has 16 N–H and O–H groups in total. The molecule has 0 bridgehead atoms. The summed E-state index contributed by atoms with van der Waals surface area (Å²) in [5, 5.41) is 37.0. The zero-order valence-corrected chi connectivity index (χ0v) is 47.1. The number of para-hydroxylation sites is 1. The molecule has 29 heteroatoms. The number of aromatic amines is 1. The first-order valence-electron chi connectivity index (χ1n) is 27.4. The largest absolute Gasteiger partial charge is 0.481 e. The van der Waals surface area contributed by atoms with Crippen LogP contribution in [0.3, 0.4) is 0 Å². The number of piperidine rings is 1. The number of urea groups is 2. The Balaban J connectivity index is 1.17. The van der Waals surface area contributed by atoms with Crippen LogP contribution in [-0.2, 0) is 54.4 Å². The van der Waals surface area contributed by atoms with Crippen molar-refractivity contribution in [3.8, 4) is 0 Å². The minimum atomic E-state index is -1.39. The van der Waals surface area contributed by atoms with Crippen molar-refractivity contribution in [3.05, 3.63) is 36.0 Å². The molecule has 4 heterocycles. The van der Waals surface area contributed by atoms with Gasteiger partial charge in [-0.15, -0.1) is 11.6 Å². The molecule has 3 fully saturated rings. The number of aliphatic carboxylic acids is 1. The minimum absolute atomic E-state index is 0.00947. The van der Waals surface area contributed by atoms with Crippen molar-refractivity contribution in [1.29, 1.82) is 0 Å². The number of nitrogens with one attached hydrogen (secondary N) is 11. The van der Waals surface area contributed by atoms with E-state index in [4.69, 9.17) is 23.1 Å². The number of hydrogen-bond donors (Lipinski definition) is 14. The minimum Gasteiger partial charge on any atom is -0.481 e. The molecule has 10 atom stereocenters. The quantitative estimate of drug-likeness (QED) is 0.0234. The van der Waals surface area contributed by atoms with Crippen LogP contribution in [0.15, 0.2) is 30.5 Å². The highest BCUT2D eigenvalue weighted by Crippen LogP contribution is 2.33. The molecule has 0 aliphatic carbocycles. The summed E-state index contributed by atoms with van der Waals surface area (Å²) in [6.07, 6.45) is 5.76. The van der Waals surface area contributed by atoms with Gasteiger partial charge in [-0.2, -0.15) is 11.8 Å². The first-order valence-corrected chi connectivity index (χ1v) is 29.0. The van der Waals surface area contributed by atoms with Crippen LogP contribution in [0.5, 0.6) is 0 Å². The van der Waals surface area contributed by atoms with E-state index in [1.54, 1.807) is 24.4 Å². The molecule has 3 saturated heterocycles. The number of hydrogen-bond acceptors (Lipinski definition) is 13. The molecule has 13 amide bonds. The van der Waals surface area contributed by atoms with Crippen molar-refractivity contribution in [1.82, 2.24) is 63.1 Å². The van der Waals surface area contributed by atoms with E-state index in [0.29, 0.717) is 55.9 Å². The van der Waals surface area contributed by atoms with Gasteiger partial charge in [0.25, 0.3) is 0 Å². The van der Waals surface area contributed by atoms with Crippen molar-refractivity contribution in [2.45, 2.75) is 170 Å². The second-order valence-electron chi connectivity index (χ2n) is 20.5. The van der Waals surface area contributed by atoms with Gasteiger partial charge in [0.1, 0.15) is 48.2 Å². The highest BCUT2D eigenvalue weighted by molar-refractivity contribution is 8.00. The standard InChI is InChI=1S/C52H77ClN14O13S/c1-28(45(73)59-29(2)46(74)62-33(44(54)72)14-7-9-21-56-40(68)18-6-5-17-39-43-37(27-81-39)65-52(80)66-43)60-47(75)34(15-11-22-57-51(55)79)63-48(76)36(24-30-26-58-32-13-4-3-12-31(30)32)64-49(77)38-16-8-10-23-67(38)50(78)35(19-20-42(70)71)61-41(69)25-53/h3-4,12-13,26,28-29,33-39,43,58H,5-11,14-25,27H2,1-2H3,(H2,54,72)(H,56,68)(H,59,73)(H,60,75)(H,61,69)(H,62,74)(H,63,76)(H,64,77)(H,70,71)(H3,55,57,79)(H2,65,66,80)/t28?,29?,33?,34?,35?,36?,37-,38+,39-,43-/m1/s1. The average molecular weight is 1170 g/mol. The van der Waals surface area contributed by atoms with Crippen molar-refractivity contribution < 1.29 is 62.6 Å². The molecular formula is C52H77ClN14O13S. The zero-order chi connectivity index (χ0) is 59.2. The van der Waals surface area contributed by atoms with Crippen LogP contribution in [0.1, 0.15) is 109 Å². The van der Waals surface area contributed by atoms with Crippen LogP contribution in [0.2, 0.25) is 0 Å². The molecule has 81 heavy (non-hydrogen) atoms. The van der Waals surface area contributed by atoms with Crippen molar-refractivity contribution >= 4 is 105 Å². The Morgan fingerprint density at radius 3 is 2.12 bits per heavy atom. The monoisotopic (exact) mass is 1170 g/mol. The van der Waals surface area contributed by atoms with Crippen LogP contribution >= 0.6 is 23.4 Å². The lowest BCUT2D eigenvalue weighted by Crippen LogP contribution is -2.61. The maximum Gasteiger partial charge on any atom is 0.315 e. The van der Waals surface area contributed by atoms with E-state index in [0.717, 1.165) is 29.5 Å². The number of amides is 13. The fourth-order valence-corrected chi connectivity index (χ4v) is 11.5. The Kier molecular flexibility index (Phi) is 25.6. The van der Waals surface area contributed by atoms with E-state index in [1.165, 1.54) is 18.7 Å². The maximum absolute atomic E-state index is 14.5. The van der Waals surface area contributed by atoms with E-state index < -0.39 is 114 Å². The van der Waals surface area contributed by atoms with Crippen LogP contribution < -0.4 is 64.6 Å². The van der Waals surface area contributed by atoms with Gasteiger partial charge in [0.15, 0.2) is 0 Å². The molecule has 1 aromatic heterocycles. The SMILES string of the molecule is CC(NC(=O)C(C)NC(=O)C(CCCNC(N)=O)NC(=O)C(Cc1c[nH]c2ccccc12)NC(=O)[C@@H]1CCCCN1C(=O)C(CCC(=O)O)NC(=O)CCl)C(=O)NC(CCCCNC(=O)CCCC[C@H]1SC[C@H]2NC(=O)N[C@H]21)C(N)=O. The fourth-order valence-electron chi connectivity index (χ4n) is 9.91. The van der Waals surface area contributed by atoms with Crippen molar-refractivity contribution in [2.75, 3.05) is 31.3 Å². The van der Waals surface area contributed by atoms with Crippen LogP contribution in [-0.4, -0.2) is 177 Å². The van der Waals surface area contributed by atoms with Gasteiger partial charge >= 0.3 is 18.0 Å². The molecule has 1 aromatic carbocycles. The summed E-state index contributed by atoms with van der Waals surface area (Å²) in [4.78, 5) is 160. The number of thioether (sulfide) groups is 1. The molecule has 3 aliphatic rings. The maximum atomic E-state index is 14.5. The number of nitrogens with zero attached hydrogens (tertiary/aromatic N) is 1. The number of nitrogens with two attached hydrogens (primary N) is 2. The van der Waals surface area contributed by atoms with Gasteiger partial charge in [0.2, 0.25) is 53.2 Å². The average Bonchev–Trinajstić information content (AvgIpc) is 4.15. The number of carboxylic acids is 1. The first kappa shape index (κ1) is 64.5. The number of aromatic nitrogens is 1. The Labute approximate surface area is 477 Å². The van der Waals surface area contributed by atoms with E-state index in [1.807, 2.05) is 17.8 Å². The summed E-state index contributed by atoms with van der Waals surface area (Å²) in [6, 6.07) is -2.40. The Morgan fingerprint density at radius 2 is 1.41 bits per heavy atom. The smallest absolute Gasteiger partial charge is 0.315 e. The fraction of sp³-hybridized carbons (Fsp3) is 0.615. The molecule has 3 aliphatic heterocycles. The molecular weight excluding hydrogens is 1100 g/mol. The number of carbonyl (C=O) groups is 12. The lowest BCUT2D eigenvalue weighted by atomic mass is 9.97. The van der Waals surface area contributed by atoms with Gasteiger partial charge in [0.05, 0.1) is 12.1 Å². The van der Waals surface area contributed by atoms with E-state index in [9.17, 15) is 62.6 Å². The lowest BCUT2D eigenvalue weighted by Gasteiger charge is -2.37. The summed E-state index contributed by atoms with van der Waals surface area (Å²) in [7, 11) is 0. The highest BCUT2D eigenvalue weighted by atomic mass is 35.5. The number of primary amides is 2. The molecule has 446 valence electrons. The van der Waals surface area contributed by atoms with Crippen LogP contribution in [0.4, 0.5) is 9.59 Å². The first-order chi connectivity index (χ1) is 38.6. The van der Waals surface area contributed by atoms with Crippen molar-refractivity contribution in [2.24, 2.45) is 11.5 Å². The van der Waals surface area contributed by atoms with Crippen LogP contribution in [0, 0.1) is 0 Å². The predicted octanol–water partition coefficient (Wildman–Crippen LogP) is -0.910. The molecule has 2 aromatic rings. The number of carbonyl (C=O) groups excluding carboxylic acids is 11. The number of H-pyrrole nitrogens is 1. The van der Waals surface area contributed by atoms with Crippen LogP contribution in [0.25, 0.3) is 10.9 Å². The summed E-state index contributed by atoms with van der Waals surface area (Å²) in [6.45, 7) is 3.11. The number of carboxylic acid groups (broad SMARTS) is 1. The molecule has 0 spiro atoms. The Hall–Kier alpha value is -7.36. The molecule has 0 saturated carbocycles. The third kappa shape index (κ3) is 20.3. The summed E-state index contributed by atoms with van der Waals surface area (Å²) in [5.74, 6) is -7.19. The van der Waals surface area contributed by atoms with Gasteiger partial charge in [-0.3, -0.25) is 47.9 Å². The number of rotatable bonds is 33. The van der Waals surface area contributed by atoms with E-state index in [2.05, 4.69) is 58.2 Å². The van der Waals surface area contributed by atoms with E-state index in [-0.39, 0.29) is 75.6 Å². The lowest BCUT2D eigenvalue weighted by molar-refractivity contribution is -0.146. The molecule has 27 nitrogen and oxygen atoms in total. The molecule has 5 rings (SSSR count). The normalized spacial score (nSPS) is 19.6. The van der Waals surface area contributed by atoms with Gasteiger partial charge in [-0.25, -0.2) is 9.59 Å². The van der Waals surface area contributed by atoms with Gasteiger partial charge < -0.3 is 79.6 Å². The zero-order valence-electron chi connectivity index (χ0n) is 45.5. The second kappa shape index (κ2) is 32.2. The third-order valence-corrected chi connectivity index (χ3v) is 16.1. The molecule has 6 unspecified atom stereocenters. The van der Waals surface area contributed by atoms with Gasteiger partial charge in [0, 0.05) is 67.0 Å². The Morgan fingerprint density at radius 1 is 0.728 bits per heavy atom. The predicted molar refractivity (Wildman–Crippen MR) is 299 cm³/mol. The highest BCUT2D eigenvalue weighted by Gasteiger charge is 2.43. The number of unbranched alkanes of at least 4 members (excludes halogenated alkanes) is 2. The topological polar surface area (TPSA) is 416 Å². The number of likely N-dealkylation sites (tertiary alicyclic amines) is 1. The van der Waals surface area contributed by atoms with Gasteiger partial charge in [-0.1, -0.05) is 24.6 Å². The summed E-state index contributed by atoms with van der Waals surface area (Å²) >= 11 is 7.51. The number of benzene rings is 1. The third-order valence-electron chi connectivity index (χ3n) is 14.3. The Bertz CT molecular complexity index is 2590. The number of fused-ring (bicyclic) bond motifs is 2.